The summed E-state index contributed by atoms with van der Waals surface area (Å²) in [5, 5.41) is 15.6. The third-order valence-electron chi connectivity index (χ3n) is 3.81. The van der Waals surface area contributed by atoms with Gasteiger partial charge in [-0.2, -0.15) is 10.2 Å². The van der Waals surface area contributed by atoms with Crippen LogP contribution in [0.5, 0.6) is 0 Å². The van der Waals surface area contributed by atoms with E-state index in [1.807, 2.05) is 44.4 Å². The summed E-state index contributed by atoms with van der Waals surface area (Å²) in [5.41, 5.74) is 3.14. The first-order valence-corrected chi connectivity index (χ1v) is 8.59. The van der Waals surface area contributed by atoms with Gasteiger partial charge in [0.25, 0.3) is 0 Å². The van der Waals surface area contributed by atoms with Crippen molar-refractivity contribution in [3.63, 3.8) is 0 Å². The number of nitriles is 1. The number of aromatic nitrogens is 3. The molecule has 7 nitrogen and oxygen atoms in total. The van der Waals surface area contributed by atoms with Crippen LogP contribution in [0.3, 0.4) is 0 Å². The second-order valence-corrected chi connectivity index (χ2v) is 6.25. The smallest absolute Gasteiger partial charge is 0.225 e. The van der Waals surface area contributed by atoms with Crippen LogP contribution in [-0.4, -0.2) is 47.0 Å². The van der Waals surface area contributed by atoms with E-state index in [2.05, 4.69) is 36.6 Å². The molecule has 0 saturated carbocycles. The Bertz CT molecular complexity index is 933. The summed E-state index contributed by atoms with van der Waals surface area (Å²) in [6, 6.07) is 15.1. The number of pyridine rings is 1. The van der Waals surface area contributed by atoms with Crippen molar-refractivity contribution in [3.8, 4) is 17.3 Å². The molecule has 27 heavy (non-hydrogen) atoms. The van der Waals surface area contributed by atoms with Crippen LogP contribution in [-0.2, 0) is 0 Å². The molecule has 3 rings (SSSR count). The van der Waals surface area contributed by atoms with Gasteiger partial charge in [0.15, 0.2) is 0 Å². The minimum absolute atomic E-state index is 0.546. The van der Waals surface area contributed by atoms with Gasteiger partial charge < -0.3 is 15.5 Å². The van der Waals surface area contributed by atoms with E-state index in [0.717, 1.165) is 30.0 Å². The molecule has 0 amide bonds. The molecule has 0 atom stereocenters. The van der Waals surface area contributed by atoms with E-state index in [0.29, 0.717) is 17.3 Å². The maximum absolute atomic E-state index is 9.08. The SMILES string of the molecule is CN(C)CCNc1nc(Nc2cccc(C#N)c2)cc(-c2ccncc2)n1. The van der Waals surface area contributed by atoms with Crippen molar-refractivity contribution in [2.24, 2.45) is 0 Å². The number of nitrogens with zero attached hydrogens (tertiary/aromatic N) is 5. The monoisotopic (exact) mass is 359 g/mol. The van der Waals surface area contributed by atoms with Crippen LogP contribution in [0.25, 0.3) is 11.3 Å². The fourth-order valence-electron chi connectivity index (χ4n) is 2.47. The molecule has 2 aromatic heterocycles. The molecular formula is C20H21N7. The van der Waals surface area contributed by atoms with E-state index in [4.69, 9.17) is 5.26 Å². The minimum atomic E-state index is 0.546. The Balaban J connectivity index is 1.90. The van der Waals surface area contributed by atoms with E-state index in [1.54, 1.807) is 24.5 Å². The van der Waals surface area contributed by atoms with Gasteiger partial charge >= 0.3 is 0 Å². The molecule has 3 aromatic rings. The van der Waals surface area contributed by atoms with E-state index >= 15 is 0 Å². The highest BCUT2D eigenvalue weighted by molar-refractivity contribution is 5.67. The Morgan fingerprint density at radius 1 is 1.07 bits per heavy atom. The third kappa shape index (κ3) is 5.23. The Kier molecular flexibility index (Phi) is 5.92. The van der Waals surface area contributed by atoms with Crippen LogP contribution in [0.2, 0.25) is 0 Å². The second kappa shape index (κ2) is 8.74. The molecule has 0 aliphatic rings. The number of rotatable bonds is 7. The molecule has 2 heterocycles. The molecule has 0 radical (unpaired) electrons. The van der Waals surface area contributed by atoms with Crippen LogP contribution in [0.4, 0.5) is 17.5 Å². The zero-order chi connectivity index (χ0) is 19.1. The first kappa shape index (κ1) is 18.3. The van der Waals surface area contributed by atoms with Gasteiger partial charge in [0.05, 0.1) is 17.3 Å². The van der Waals surface area contributed by atoms with Gasteiger partial charge in [-0.3, -0.25) is 4.98 Å². The Morgan fingerprint density at radius 3 is 2.63 bits per heavy atom. The molecular weight excluding hydrogens is 338 g/mol. The molecule has 0 aliphatic carbocycles. The molecule has 0 aliphatic heterocycles. The molecule has 0 bridgehead atoms. The number of likely N-dealkylation sites (N-methyl/N-ethyl adjacent to an activating group) is 1. The van der Waals surface area contributed by atoms with Gasteiger partial charge in [0.2, 0.25) is 5.95 Å². The molecule has 7 heteroatoms. The van der Waals surface area contributed by atoms with Gasteiger partial charge in [-0.1, -0.05) is 6.07 Å². The maximum atomic E-state index is 9.08. The lowest BCUT2D eigenvalue weighted by Gasteiger charge is -2.13. The van der Waals surface area contributed by atoms with E-state index in [1.165, 1.54) is 0 Å². The normalized spacial score (nSPS) is 10.4. The lowest BCUT2D eigenvalue weighted by Crippen LogP contribution is -2.21. The van der Waals surface area contributed by atoms with Crippen molar-refractivity contribution >= 4 is 17.5 Å². The van der Waals surface area contributed by atoms with Crippen LogP contribution in [0.1, 0.15) is 5.56 Å². The minimum Gasteiger partial charge on any atom is -0.353 e. The van der Waals surface area contributed by atoms with Crippen LogP contribution in [0.15, 0.2) is 54.9 Å². The van der Waals surface area contributed by atoms with E-state index in [-0.39, 0.29) is 0 Å². The average molecular weight is 359 g/mol. The molecule has 136 valence electrons. The van der Waals surface area contributed by atoms with Crippen LogP contribution < -0.4 is 10.6 Å². The topological polar surface area (TPSA) is 89.8 Å². The second-order valence-electron chi connectivity index (χ2n) is 6.25. The van der Waals surface area contributed by atoms with Crippen molar-refractivity contribution in [1.82, 2.24) is 19.9 Å². The predicted octanol–water partition coefficient (Wildman–Crippen LogP) is 3.13. The van der Waals surface area contributed by atoms with Crippen molar-refractivity contribution < 1.29 is 0 Å². The highest BCUT2D eigenvalue weighted by atomic mass is 15.2. The summed E-state index contributed by atoms with van der Waals surface area (Å²) in [6.07, 6.45) is 3.47. The molecule has 0 unspecified atom stereocenters. The molecule has 1 aromatic carbocycles. The van der Waals surface area contributed by atoms with Gasteiger partial charge in [0.1, 0.15) is 5.82 Å². The zero-order valence-corrected chi connectivity index (χ0v) is 15.3. The van der Waals surface area contributed by atoms with Crippen LogP contribution >= 0.6 is 0 Å². The highest BCUT2D eigenvalue weighted by Gasteiger charge is 2.08. The fourth-order valence-corrected chi connectivity index (χ4v) is 2.47. The van der Waals surface area contributed by atoms with Gasteiger partial charge in [-0.15, -0.1) is 0 Å². The summed E-state index contributed by atoms with van der Waals surface area (Å²) >= 11 is 0. The maximum Gasteiger partial charge on any atom is 0.225 e. The van der Waals surface area contributed by atoms with Crippen molar-refractivity contribution in [1.29, 1.82) is 5.26 Å². The molecule has 2 N–H and O–H groups in total. The molecule has 0 saturated heterocycles. The summed E-state index contributed by atoms with van der Waals surface area (Å²) in [4.78, 5) is 15.3. The Hall–Kier alpha value is -3.50. The fraction of sp³-hybridized carbons (Fsp3) is 0.200. The first-order chi connectivity index (χ1) is 13.1. The summed E-state index contributed by atoms with van der Waals surface area (Å²) in [5.74, 6) is 1.20. The zero-order valence-electron chi connectivity index (χ0n) is 15.3. The van der Waals surface area contributed by atoms with Gasteiger partial charge in [0, 0.05) is 42.8 Å². The molecule has 0 spiro atoms. The third-order valence-corrected chi connectivity index (χ3v) is 3.81. The summed E-state index contributed by atoms with van der Waals surface area (Å²) in [7, 11) is 4.04. The van der Waals surface area contributed by atoms with Crippen LogP contribution in [0, 0.1) is 11.3 Å². The largest absolute Gasteiger partial charge is 0.353 e. The number of hydrogen-bond donors (Lipinski definition) is 2. The lowest BCUT2D eigenvalue weighted by molar-refractivity contribution is 0.425. The van der Waals surface area contributed by atoms with E-state index < -0.39 is 0 Å². The van der Waals surface area contributed by atoms with E-state index in [9.17, 15) is 0 Å². The predicted molar refractivity (Wildman–Crippen MR) is 107 cm³/mol. The number of hydrogen-bond acceptors (Lipinski definition) is 7. The lowest BCUT2D eigenvalue weighted by atomic mass is 10.2. The Morgan fingerprint density at radius 2 is 1.89 bits per heavy atom. The number of benzene rings is 1. The average Bonchev–Trinajstić information content (AvgIpc) is 2.68. The van der Waals surface area contributed by atoms with Crippen molar-refractivity contribution in [3.05, 3.63) is 60.4 Å². The van der Waals surface area contributed by atoms with Crippen molar-refractivity contribution in [2.45, 2.75) is 0 Å². The van der Waals surface area contributed by atoms with Gasteiger partial charge in [-0.25, -0.2) is 4.98 Å². The quantitative estimate of drug-likeness (QED) is 0.670. The van der Waals surface area contributed by atoms with Crippen molar-refractivity contribution in [2.75, 3.05) is 37.8 Å². The Labute approximate surface area is 158 Å². The summed E-state index contributed by atoms with van der Waals surface area (Å²) < 4.78 is 0. The highest BCUT2D eigenvalue weighted by Crippen LogP contribution is 2.23. The first-order valence-electron chi connectivity index (χ1n) is 8.59. The molecule has 0 fully saturated rings. The summed E-state index contributed by atoms with van der Waals surface area (Å²) in [6.45, 7) is 1.60. The standard InChI is InChI=1S/C20H21N7/c1-27(2)11-10-23-20-25-18(16-6-8-22-9-7-16)13-19(26-20)24-17-5-3-4-15(12-17)14-21/h3-9,12-13H,10-11H2,1-2H3,(H2,23,24,25,26). The van der Waals surface area contributed by atoms with Gasteiger partial charge in [-0.05, 0) is 44.4 Å². The number of nitrogens with one attached hydrogen (secondary N) is 2. The number of anilines is 3.